The van der Waals surface area contributed by atoms with Gasteiger partial charge < -0.3 is 5.32 Å². The van der Waals surface area contributed by atoms with Crippen molar-refractivity contribution in [1.82, 2.24) is 5.32 Å². The lowest BCUT2D eigenvalue weighted by Crippen LogP contribution is -2.33. The van der Waals surface area contributed by atoms with Gasteiger partial charge in [-0.1, -0.05) is 39.5 Å². The van der Waals surface area contributed by atoms with Crippen molar-refractivity contribution in [3.63, 3.8) is 0 Å². The van der Waals surface area contributed by atoms with Crippen molar-refractivity contribution in [2.75, 3.05) is 0 Å². The molecule has 1 saturated heterocycles. The molecule has 1 aromatic carbocycles. The average molecular weight is 261 g/mol. The van der Waals surface area contributed by atoms with Gasteiger partial charge in [0.2, 0.25) is 5.91 Å². The standard InChI is InChI=1S/C16H20FNO/c1-10-5-7-13(15(19)18-10)12-8-6-11(9-14(12)17)16(2,3)4/h6,8-9,13H,1,5,7H2,2-4H3,(H,18,19). The third-order valence-electron chi connectivity index (χ3n) is 3.59. The van der Waals surface area contributed by atoms with Gasteiger partial charge in [0, 0.05) is 11.3 Å². The normalized spacial score (nSPS) is 20.3. The van der Waals surface area contributed by atoms with E-state index in [1.54, 1.807) is 12.1 Å². The van der Waals surface area contributed by atoms with Gasteiger partial charge in [-0.2, -0.15) is 0 Å². The summed E-state index contributed by atoms with van der Waals surface area (Å²) in [7, 11) is 0. The van der Waals surface area contributed by atoms with E-state index >= 15 is 0 Å². The van der Waals surface area contributed by atoms with Crippen LogP contribution in [0.2, 0.25) is 0 Å². The second kappa shape index (κ2) is 4.80. The molecule has 0 saturated carbocycles. The predicted molar refractivity (Wildman–Crippen MR) is 74.4 cm³/mol. The van der Waals surface area contributed by atoms with Crippen molar-refractivity contribution in [3.05, 3.63) is 47.4 Å². The summed E-state index contributed by atoms with van der Waals surface area (Å²) in [5.74, 6) is -0.849. The fraction of sp³-hybridized carbons (Fsp3) is 0.438. The molecule has 0 aromatic heterocycles. The van der Waals surface area contributed by atoms with Crippen molar-refractivity contribution in [2.45, 2.75) is 44.9 Å². The molecule has 0 aliphatic carbocycles. The second-order valence-electron chi connectivity index (χ2n) is 6.17. The number of hydrogen-bond donors (Lipinski definition) is 1. The van der Waals surface area contributed by atoms with E-state index in [-0.39, 0.29) is 17.1 Å². The summed E-state index contributed by atoms with van der Waals surface area (Å²) in [5.41, 5.74) is 2.04. The van der Waals surface area contributed by atoms with Crippen molar-refractivity contribution in [2.24, 2.45) is 0 Å². The van der Waals surface area contributed by atoms with E-state index in [0.717, 1.165) is 5.56 Å². The number of carbonyl (C=O) groups is 1. The molecule has 102 valence electrons. The third kappa shape index (κ3) is 2.86. The summed E-state index contributed by atoms with van der Waals surface area (Å²) in [4.78, 5) is 11.9. The molecule has 1 aliphatic heterocycles. The first-order valence-electron chi connectivity index (χ1n) is 6.57. The van der Waals surface area contributed by atoms with E-state index in [0.29, 0.717) is 24.1 Å². The van der Waals surface area contributed by atoms with Gasteiger partial charge in [-0.3, -0.25) is 4.79 Å². The minimum atomic E-state index is -0.403. The molecule has 1 aliphatic rings. The Hall–Kier alpha value is -1.64. The summed E-state index contributed by atoms with van der Waals surface area (Å²) in [6.45, 7) is 9.86. The molecule has 0 radical (unpaired) electrons. The van der Waals surface area contributed by atoms with Crippen molar-refractivity contribution < 1.29 is 9.18 Å². The molecule has 0 bridgehead atoms. The molecule has 19 heavy (non-hydrogen) atoms. The predicted octanol–water partition coefficient (Wildman–Crippen LogP) is 3.63. The maximum atomic E-state index is 14.2. The Labute approximate surface area is 113 Å². The molecule has 1 fully saturated rings. The highest BCUT2D eigenvalue weighted by atomic mass is 19.1. The molecular formula is C16H20FNO. The first-order chi connectivity index (χ1) is 8.79. The summed E-state index contributed by atoms with van der Waals surface area (Å²) >= 11 is 0. The molecule has 2 nitrogen and oxygen atoms in total. The second-order valence-corrected chi connectivity index (χ2v) is 6.17. The first kappa shape index (κ1) is 13.8. The van der Waals surface area contributed by atoms with Gasteiger partial charge in [-0.25, -0.2) is 4.39 Å². The first-order valence-corrected chi connectivity index (χ1v) is 6.57. The Morgan fingerprint density at radius 3 is 2.58 bits per heavy atom. The smallest absolute Gasteiger partial charge is 0.231 e. The van der Waals surface area contributed by atoms with Crippen LogP contribution in [0.25, 0.3) is 0 Å². The van der Waals surface area contributed by atoms with Crippen molar-refractivity contribution in [3.8, 4) is 0 Å². The fourth-order valence-electron chi connectivity index (χ4n) is 2.35. The zero-order valence-electron chi connectivity index (χ0n) is 11.7. The van der Waals surface area contributed by atoms with Crippen LogP contribution in [0.5, 0.6) is 0 Å². The van der Waals surface area contributed by atoms with Gasteiger partial charge in [0.15, 0.2) is 0 Å². The molecule has 0 spiro atoms. The van der Waals surface area contributed by atoms with Crippen LogP contribution in [0.1, 0.15) is 50.7 Å². The largest absolute Gasteiger partial charge is 0.330 e. The van der Waals surface area contributed by atoms with Crippen LogP contribution in [-0.4, -0.2) is 5.91 Å². The van der Waals surface area contributed by atoms with Crippen LogP contribution in [0, 0.1) is 5.82 Å². The van der Waals surface area contributed by atoms with Gasteiger partial charge in [-0.15, -0.1) is 0 Å². The number of carbonyl (C=O) groups excluding carboxylic acids is 1. The Balaban J connectivity index is 2.31. The fourth-order valence-corrected chi connectivity index (χ4v) is 2.35. The number of nitrogens with one attached hydrogen (secondary N) is 1. The lowest BCUT2D eigenvalue weighted by molar-refractivity contribution is -0.122. The molecule has 3 heteroatoms. The van der Waals surface area contributed by atoms with Gasteiger partial charge in [0.25, 0.3) is 0 Å². The van der Waals surface area contributed by atoms with E-state index in [2.05, 4.69) is 11.9 Å². The number of piperidine rings is 1. The third-order valence-corrected chi connectivity index (χ3v) is 3.59. The van der Waals surface area contributed by atoms with Gasteiger partial charge in [0.05, 0.1) is 5.92 Å². The number of amides is 1. The van der Waals surface area contributed by atoms with E-state index < -0.39 is 5.92 Å². The molecular weight excluding hydrogens is 241 g/mol. The minimum absolute atomic E-state index is 0.0948. The van der Waals surface area contributed by atoms with Crippen LogP contribution in [0.3, 0.4) is 0 Å². The number of halogens is 1. The minimum Gasteiger partial charge on any atom is -0.330 e. The molecule has 1 atom stereocenters. The SMILES string of the molecule is C=C1CCC(c2ccc(C(C)(C)C)cc2F)C(=O)N1. The lowest BCUT2D eigenvalue weighted by atomic mass is 9.83. The number of benzene rings is 1. The molecule has 1 amide bonds. The van der Waals surface area contributed by atoms with Gasteiger partial charge in [0.1, 0.15) is 5.82 Å². The summed E-state index contributed by atoms with van der Waals surface area (Å²) in [6.07, 6.45) is 1.33. The topological polar surface area (TPSA) is 29.1 Å². The Bertz CT molecular complexity index is 528. The van der Waals surface area contributed by atoms with E-state index in [4.69, 9.17) is 0 Å². The summed E-state index contributed by atoms with van der Waals surface area (Å²) < 4.78 is 14.2. The van der Waals surface area contributed by atoms with Gasteiger partial charge in [-0.05, 0) is 29.9 Å². The zero-order chi connectivity index (χ0) is 14.2. The number of hydrogen-bond acceptors (Lipinski definition) is 1. The monoisotopic (exact) mass is 261 g/mol. The molecule has 1 unspecified atom stereocenters. The van der Waals surface area contributed by atoms with Crippen molar-refractivity contribution >= 4 is 5.91 Å². The molecule has 1 N–H and O–H groups in total. The molecule has 2 rings (SSSR count). The lowest BCUT2D eigenvalue weighted by Gasteiger charge is -2.25. The van der Waals surface area contributed by atoms with E-state index in [1.807, 2.05) is 26.8 Å². The number of allylic oxidation sites excluding steroid dienone is 1. The molecule has 1 aromatic rings. The van der Waals surface area contributed by atoms with Crippen LogP contribution in [0.15, 0.2) is 30.5 Å². The van der Waals surface area contributed by atoms with Gasteiger partial charge >= 0.3 is 0 Å². The van der Waals surface area contributed by atoms with Crippen LogP contribution >= 0.6 is 0 Å². The average Bonchev–Trinajstić information content (AvgIpc) is 2.28. The van der Waals surface area contributed by atoms with Crippen molar-refractivity contribution in [1.29, 1.82) is 0 Å². The van der Waals surface area contributed by atoms with E-state index in [1.165, 1.54) is 0 Å². The Morgan fingerprint density at radius 1 is 1.37 bits per heavy atom. The Morgan fingerprint density at radius 2 is 2.05 bits per heavy atom. The van der Waals surface area contributed by atoms with Crippen LogP contribution in [-0.2, 0) is 10.2 Å². The number of rotatable bonds is 1. The van der Waals surface area contributed by atoms with Crippen LogP contribution < -0.4 is 5.32 Å². The highest BCUT2D eigenvalue weighted by Crippen LogP contribution is 2.31. The Kier molecular flexibility index (Phi) is 3.48. The highest BCUT2D eigenvalue weighted by Gasteiger charge is 2.28. The maximum Gasteiger partial charge on any atom is 0.231 e. The van der Waals surface area contributed by atoms with E-state index in [9.17, 15) is 9.18 Å². The summed E-state index contributed by atoms with van der Waals surface area (Å²) in [6, 6.07) is 5.20. The zero-order valence-corrected chi connectivity index (χ0v) is 11.7. The molecule has 1 heterocycles. The van der Waals surface area contributed by atoms with Crippen LogP contribution in [0.4, 0.5) is 4.39 Å². The maximum absolute atomic E-state index is 14.2. The highest BCUT2D eigenvalue weighted by molar-refractivity contribution is 5.86. The quantitative estimate of drug-likeness (QED) is 0.821. The summed E-state index contributed by atoms with van der Waals surface area (Å²) in [5, 5.41) is 2.70.